The van der Waals surface area contributed by atoms with Crippen LogP contribution in [0.3, 0.4) is 0 Å². The summed E-state index contributed by atoms with van der Waals surface area (Å²) in [6.45, 7) is 5.47. The lowest BCUT2D eigenvalue weighted by atomic mass is 10.1. The van der Waals surface area contributed by atoms with Crippen LogP contribution >= 0.6 is 0 Å². The molecule has 2 rings (SSSR count). The molecule has 5 heteroatoms. The molecule has 0 fully saturated rings. The third-order valence-electron chi connectivity index (χ3n) is 3.25. The van der Waals surface area contributed by atoms with Crippen LogP contribution in [-0.2, 0) is 4.79 Å². The number of phenols is 1. The number of benzene rings is 2. The number of hydrogen-bond donors (Lipinski definition) is 2. The van der Waals surface area contributed by atoms with Crippen LogP contribution in [0.5, 0.6) is 11.5 Å². The summed E-state index contributed by atoms with van der Waals surface area (Å²) < 4.78 is 5.40. The lowest BCUT2D eigenvalue weighted by molar-refractivity contribution is -0.123. The smallest absolute Gasteiger partial charge is 0.277 e. The molecule has 0 saturated heterocycles. The van der Waals surface area contributed by atoms with Crippen molar-refractivity contribution in [2.75, 3.05) is 6.61 Å². The van der Waals surface area contributed by atoms with Gasteiger partial charge in [0.1, 0.15) is 11.5 Å². The van der Waals surface area contributed by atoms with Crippen LogP contribution in [0.15, 0.2) is 47.6 Å². The Kier molecular flexibility index (Phi) is 5.36. The summed E-state index contributed by atoms with van der Waals surface area (Å²) in [6, 6.07) is 12.7. The number of aryl methyl sites for hydroxylation is 2. The molecule has 0 atom stereocenters. The second-order valence-corrected chi connectivity index (χ2v) is 5.36. The summed E-state index contributed by atoms with van der Waals surface area (Å²) in [5, 5.41) is 13.8. The zero-order valence-corrected chi connectivity index (χ0v) is 13.5. The first-order valence-corrected chi connectivity index (χ1v) is 7.28. The molecular formula is C18H20N2O3. The van der Waals surface area contributed by atoms with Crippen LogP contribution in [0, 0.1) is 13.8 Å². The highest BCUT2D eigenvalue weighted by atomic mass is 16.5. The molecule has 0 bridgehead atoms. The van der Waals surface area contributed by atoms with Gasteiger partial charge < -0.3 is 9.84 Å². The third kappa shape index (κ3) is 4.85. The van der Waals surface area contributed by atoms with E-state index in [1.54, 1.807) is 25.1 Å². The van der Waals surface area contributed by atoms with E-state index in [-0.39, 0.29) is 18.3 Å². The van der Waals surface area contributed by atoms with Crippen molar-refractivity contribution < 1.29 is 14.6 Å². The molecule has 0 saturated carbocycles. The Bertz CT molecular complexity index is 739. The highest BCUT2D eigenvalue weighted by Gasteiger charge is 2.07. The number of hydrogen-bond acceptors (Lipinski definition) is 4. The minimum absolute atomic E-state index is 0.125. The average Bonchev–Trinajstić information content (AvgIpc) is 2.53. The van der Waals surface area contributed by atoms with Crippen molar-refractivity contribution in [3.8, 4) is 11.5 Å². The number of aromatic hydroxyl groups is 1. The van der Waals surface area contributed by atoms with E-state index in [0.29, 0.717) is 17.0 Å². The highest BCUT2D eigenvalue weighted by Crippen LogP contribution is 2.18. The van der Waals surface area contributed by atoms with E-state index < -0.39 is 0 Å². The zero-order valence-electron chi connectivity index (χ0n) is 13.5. The van der Waals surface area contributed by atoms with Gasteiger partial charge in [-0.05, 0) is 50.6 Å². The molecular weight excluding hydrogens is 292 g/mol. The number of carbonyl (C=O) groups excluding carboxylic acids is 1. The van der Waals surface area contributed by atoms with Crippen molar-refractivity contribution in [3.05, 3.63) is 59.2 Å². The van der Waals surface area contributed by atoms with E-state index in [0.717, 1.165) is 11.1 Å². The van der Waals surface area contributed by atoms with Gasteiger partial charge in [-0.2, -0.15) is 5.10 Å². The molecule has 0 aliphatic heterocycles. The van der Waals surface area contributed by atoms with Gasteiger partial charge in [-0.15, -0.1) is 0 Å². The van der Waals surface area contributed by atoms with Crippen molar-refractivity contribution in [2.45, 2.75) is 20.8 Å². The third-order valence-corrected chi connectivity index (χ3v) is 3.25. The molecule has 120 valence electrons. The van der Waals surface area contributed by atoms with Crippen LogP contribution in [0.1, 0.15) is 23.6 Å². The summed E-state index contributed by atoms with van der Waals surface area (Å²) in [5.74, 6) is 0.400. The molecule has 0 spiro atoms. The van der Waals surface area contributed by atoms with E-state index in [1.807, 2.05) is 38.1 Å². The van der Waals surface area contributed by atoms with Gasteiger partial charge in [0.05, 0.1) is 5.71 Å². The fraction of sp³-hybridized carbons (Fsp3) is 0.222. The summed E-state index contributed by atoms with van der Waals surface area (Å²) in [6.07, 6.45) is 0. The highest BCUT2D eigenvalue weighted by molar-refractivity contribution is 6.01. The van der Waals surface area contributed by atoms with Crippen LogP contribution in [0.25, 0.3) is 0 Å². The number of phenolic OH excluding ortho intramolecular Hbond substituents is 1. The minimum atomic E-state index is -0.363. The summed E-state index contributed by atoms with van der Waals surface area (Å²) in [7, 11) is 0. The van der Waals surface area contributed by atoms with Crippen molar-refractivity contribution in [2.24, 2.45) is 5.10 Å². The topological polar surface area (TPSA) is 70.9 Å². The van der Waals surface area contributed by atoms with E-state index >= 15 is 0 Å². The maximum atomic E-state index is 11.8. The van der Waals surface area contributed by atoms with Gasteiger partial charge >= 0.3 is 0 Å². The lowest BCUT2D eigenvalue weighted by Crippen LogP contribution is -2.25. The molecule has 0 aromatic heterocycles. The predicted octanol–water partition coefficient (Wildman–Crippen LogP) is 2.93. The number of nitrogens with zero attached hydrogens (tertiary/aromatic N) is 1. The monoisotopic (exact) mass is 312 g/mol. The molecule has 5 nitrogen and oxygen atoms in total. The Hall–Kier alpha value is -2.82. The Morgan fingerprint density at radius 2 is 1.91 bits per heavy atom. The quantitative estimate of drug-likeness (QED) is 0.659. The first-order valence-electron chi connectivity index (χ1n) is 7.28. The van der Waals surface area contributed by atoms with Crippen LogP contribution in [0.4, 0.5) is 0 Å². The molecule has 2 aromatic rings. The van der Waals surface area contributed by atoms with E-state index in [1.165, 1.54) is 0 Å². The number of ether oxygens (including phenoxy) is 1. The standard InChI is InChI=1S/C18H20N2O3/c1-12-5-4-6-15(9-12)23-11-18(22)20-19-14(3)16-10-13(2)7-8-17(16)21/h4-10,21H,11H2,1-3H3,(H,20,22)/b19-14+. The summed E-state index contributed by atoms with van der Waals surface area (Å²) in [5.41, 5.74) is 5.60. The predicted molar refractivity (Wildman–Crippen MR) is 89.9 cm³/mol. The van der Waals surface area contributed by atoms with Crippen molar-refractivity contribution in [3.63, 3.8) is 0 Å². The average molecular weight is 312 g/mol. The molecule has 0 aliphatic carbocycles. The minimum Gasteiger partial charge on any atom is -0.507 e. The Balaban J connectivity index is 1.93. The molecule has 2 N–H and O–H groups in total. The fourth-order valence-electron chi connectivity index (χ4n) is 2.03. The molecule has 0 aliphatic rings. The van der Waals surface area contributed by atoms with E-state index in [4.69, 9.17) is 4.74 Å². The second-order valence-electron chi connectivity index (χ2n) is 5.36. The lowest BCUT2D eigenvalue weighted by Gasteiger charge is -2.07. The molecule has 0 unspecified atom stereocenters. The summed E-state index contributed by atoms with van der Waals surface area (Å²) in [4.78, 5) is 11.8. The normalized spacial score (nSPS) is 11.2. The van der Waals surface area contributed by atoms with E-state index in [2.05, 4.69) is 10.5 Å². The Morgan fingerprint density at radius 1 is 1.17 bits per heavy atom. The zero-order chi connectivity index (χ0) is 16.8. The van der Waals surface area contributed by atoms with Gasteiger partial charge in [0.25, 0.3) is 5.91 Å². The van der Waals surface area contributed by atoms with Gasteiger partial charge in [-0.25, -0.2) is 5.43 Å². The van der Waals surface area contributed by atoms with Gasteiger partial charge in [-0.3, -0.25) is 4.79 Å². The molecule has 23 heavy (non-hydrogen) atoms. The van der Waals surface area contributed by atoms with Gasteiger partial charge in [0.15, 0.2) is 6.61 Å². The molecule has 0 heterocycles. The number of rotatable bonds is 5. The maximum Gasteiger partial charge on any atom is 0.277 e. The Morgan fingerprint density at radius 3 is 2.65 bits per heavy atom. The number of nitrogens with one attached hydrogen (secondary N) is 1. The Labute approximate surface area is 135 Å². The molecule has 0 radical (unpaired) electrons. The van der Waals surface area contributed by atoms with Crippen molar-refractivity contribution in [1.29, 1.82) is 0 Å². The van der Waals surface area contributed by atoms with E-state index in [9.17, 15) is 9.90 Å². The number of amides is 1. The van der Waals surface area contributed by atoms with Gasteiger partial charge in [-0.1, -0.05) is 23.8 Å². The van der Waals surface area contributed by atoms with Crippen LogP contribution in [-0.4, -0.2) is 23.3 Å². The molecule has 2 aromatic carbocycles. The van der Waals surface area contributed by atoms with Crippen LogP contribution in [0.2, 0.25) is 0 Å². The number of carbonyl (C=O) groups is 1. The maximum absolute atomic E-state index is 11.8. The van der Waals surface area contributed by atoms with Crippen molar-refractivity contribution >= 4 is 11.6 Å². The first-order chi connectivity index (χ1) is 11.0. The fourth-order valence-corrected chi connectivity index (χ4v) is 2.03. The van der Waals surface area contributed by atoms with Crippen molar-refractivity contribution in [1.82, 2.24) is 5.43 Å². The molecule has 1 amide bonds. The van der Waals surface area contributed by atoms with Gasteiger partial charge in [0.2, 0.25) is 0 Å². The number of hydrazone groups is 1. The first kappa shape index (κ1) is 16.5. The summed E-state index contributed by atoms with van der Waals surface area (Å²) >= 11 is 0. The van der Waals surface area contributed by atoms with Crippen LogP contribution < -0.4 is 10.2 Å². The largest absolute Gasteiger partial charge is 0.507 e. The van der Waals surface area contributed by atoms with Gasteiger partial charge in [0, 0.05) is 5.56 Å². The SMILES string of the molecule is C/C(=N\NC(=O)COc1cccc(C)c1)c1cc(C)ccc1O. The second kappa shape index (κ2) is 7.45.